The van der Waals surface area contributed by atoms with E-state index in [2.05, 4.69) is 11.2 Å². The van der Waals surface area contributed by atoms with Crippen LogP contribution >= 0.6 is 11.3 Å². The maximum absolute atomic E-state index is 11.4. The van der Waals surface area contributed by atoms with Crippen molar-refractivity contribution >= 4 is 17.3 Å². The molecule has 0 amide bonds. The van der Waals surface area contributed by atoms with Crippen LogP contribution in [0.2, 0.25) is 0 Å². The Labute approximate surface area is 126 Å². The molecule has 1 N–H and O–H groups in total. The topological polar surface area (TPSA) is 55.1 Å². The van der Waals surface area contributed by atoms with E-state index in [-0.39, 0.29) is 5.56 Å². The summed E-state index contributed by atoms with van der Waals surface area (Å²) < 4.78 is 1.64. The van der Waals surface area contributed by atoms with E-state index in [0.717, 1.165) is 22.4 Å². The largest absolute Gasteiger partial charge is 0.478 e. The maximum Gasteiger partial charge on any atom is 0.339 e. The summed E-state index contributed by atoms with van der Waals surface area (Å²) in [5, 5.41) is 17.7. The molecule has 0 saturated heterocycles. The van der Waals surface area contributed by atoms with E-state index in [9.17, 15) is 9.90 Å². The molecule has 0 unspecified atom stereocenters. The number of nitrogens with zero attached hydrogens (tertiary/aromatic N) is 2. The van der Waals surface area contributed by atoms with Gasteiger partial charge in [0.1, 0.15) is 11.3 Å². The molecular weight excluding hydrogens is 284 g/mol. The minimum absolute atomic E-state index is 0.215. The third kappa shape index (κ3) is 2.60. The summed E-state index contributed by atoms with van der Waals surface area (Å²) in [5.74, 6) is -0.966. The highest BCUT2D eigenvalue weighted by Gasteiger charge is 2.18. The van der Waals surface area contributed by atoms with Crippen LogP contribution < -0.4 is 0 Å². The lowest BCUT2D eigenvalue weighted by Gasteiger charge is -2.04. The molecule has 0 bridgehead atoms. The Morgan fingerprint density at radius 1 is 1.24 bits per heavy atom. The summed E-state index contributed by atoms with van der Waals surface area (Å²) in [7, 11) is 0. The van der Waals surface area contributed by atoms with Gasteiger partial charge >= 0.3 is 5.97 Å². The van der Waals surface area contributed by atoms with Crippen LogP contribution in [0.15, 0.2) is 41.2 Å². The fourth-order valence-corrected chi connectivity index (χ4v) is 3.00. The maximum atomic E-state index is 11.4. The molecule has 3 rings (SSSR count). The van der Waals surface area contributed by atoms with E-state index in [1.807, 2.05) is 42.8 Å². The van der Waals surface area contributed by atoms with Crippen molar-refractivity contribution in [1.82, 2.24) is 9.78 Å². The summed E-state index contributed by atoms with van der Waals surface area (Å²) in [4.78, 5) is 11.4. The van der Waals surface area contributed by atoms with Crippen LogP contribution in [0.4, 0.5) is 0 Å². The Kier molecular flexibility index (Phi) is 3.35. The van der Waals surface area contributed by atoms with Crippen molar-refractivity contribution in [3.05, 3.63) is 57.9 Å². The van der Waals surface area contributed by atoms with Gasteiger partial charge in [-0.05, 0) is 48.6 Å². The fourth-order valence-electron chi connectivity index (χ4n) is 2.36. The van der Waals surface area contributed by atoms with E-state index in [1.54, 1.807) is 10.9 Å². The van der Waals surface area contributed by atoms with Crippen LogP contribution in [0.25, 0.3) is 16.9 Å². The molecule has 0 fully saturated rings. The van der Waals surface area contributed by atoms with Gasteiger partial charge in [-0.15, -0.1) is 0 Å². The quantitative estimate of drug-likeness (QED) is 0.797. The van der Waals surface area contributed by atoms with Crippen LogP contribution in [0, 0.1) is 13.8 Å². The Balaban J connectivity index is 2.17. The van der Waals surface area contributed by atoms with E-state index in [0.29, 0.717) is 5.69 Å². The molecule has 2 aromatic heterocycles. The molecule has 0 spiro atoms. The summed E-state index contributed by atoms with van der Waals surface area (Å²) in [5.41, 5.74) is 4.66. The second-order valence-electron chi connectivity index (χ2n) is 5.00. The molecule has 0 radical (unpaired) electrons. The number of benzene rings is 1. The number of aromatic carboxylic acids is 1. The monoisotopic (exact) mass is 298 g/mol. The van der Waals surface area contributed by atoms with Crippen molar-refractivity contribution in [3.8, 4) is 16.9 Å². The average Bonchev–Trinajstić information content (AvgIpc) is 3.06. The zero-order valence-electron chi connectivity index (χ0n) is 11.7. The predicted molar refractivity (Wildman–Crippen MR) is 83.3 cm³/mol. The van der Waals surface area contributed by atoms with Gasteiger partial charge in [-0.1, -0.05) is 6.07 Å². The van der Waals surface area contributed by atoms with Crippen molar-refractivity contribution in [2.75, 3.05) is 0 Å². The zero-order valence-corrected chi connectivity index (χ0v) is 12.5. The second kappa shape index (κ2) is 5.18. The van der Waals surface area contributed by atoms with Crippen molar-refractivity contribution in [2.24, 2.45) is 0 Å². The smallest absolute Gasteiger partial charge is 0.339 e. The highest BCUT2D eigenvalue weighted by molar-refractivity contribution is 7.08. The first-order valence-corrected chi connectivity index (χ1v) is 7.43. The third-order valence-corrected chi connectivity index (χ3v) is 3.89. The summed E-state index contributed by atoms with van der Waals surface area (Å²) in [6, 6.07) is 7.93. The van der Waals surface area contributed by atoms with Crippen molar-refractivity contribution in [2.45, 2.75) is 13.8 Å². The van der Waals surface area contributed by atoms with Crippen LogP contribution in [-0.4, -0.2) is 20.9 Å². The first kappa shape index (κ1) is 13.6. The first-order chi connectivity index (χ1) is 10.0. The fraction of sp³-hybridized carbons (Fsp3) is 0.125. The van der Waals surface area contributed by atoms with Gasteiger partial charge in [0.2, 0.25) is 0 Å². The highest BCUT2D eigenvalue weighted by atomic mass is 32.1. The van der Waals surface area contributed by atoms with Crippen LogP contribution in [0.3, 0.4) is 0 Å². The number of hydrogen-bond acceptors (Lipinski definition) is 3. The van der Waals surface area contributed by atoms with Gasteiger partial charge < -0.3 is 5.11 Å². The van der Waals surface area contributed by atoms with Gasteiger partial charge in [0.25, 0.3) is 0 Å². The molecule has 0 aliphatic heterocycles. The standard InChI is InChI=1S/C16H14N2O2S/c1-10-5-11(2)7-13(6-10)18-8-14(16(19)20)15(17-18)12-3-4-21-9-12/h3-9H,1-2H3,(H,19,20). The van der Waals surface area contributed by atoms with E-state index in [1.165, 1.54) is 11.3 Å². The number of aromatic nitrogens is 2. The Morgan fingerprint density at radius 3 is 2.52 bits per heavy atom. The normalized spacial score (nSPS) is 10.8. The molecule has 21 heavy (non-hydrogen) atoms. The molecule has 5 heteroatoms. The Bertz CT molecular complexity index is 784. The molecule has 0 saturated carbocycles. The Hall–Kier alpha value is -2.40. The molecule has 0 aliphatic carbocycles. The Morgan fingerprint density at radius 2 is 1.95 bits per heavy atom. The lowest BCUT2D eigenvalue weighted by atomic mass is 10.1. The number of carboxylic acid groups (broad SMARTS) is 1. The van der Waals surface area contributed by atoms with Gasteiger partial charge in [-0.2, -0.15) is 16.4 Å². The lowest BCUT2D eigenvalue weighted by molar-refractivity contribution is 0.0697. The van der Waals surface area contributed by atoms with Gasteiger partial charge in [0, 0.05) is 17.1 Å². The number of carbonyl (C=O) groups is 1. The zero-order chi connectivity index (χ0) is 15.0. The molecule has 3 aromatic rings. The van der Waals surface area contributed by atoms with Crippen LogP contribution in [0.5, 0.6) is 0 Å². The van der Waals surface area contributed by atoms with Gasteiger partial charge in [0.05, 0.1) is 5.69 Å². The molecule has 0 atom stereocenters. The SMILES string of the molecule is Cc1cc(C)cc(-n2cc(C(=O)O)c(-c3ccsc3)n2)c1. The molecular formula is C16H14N2O2S. The summed E-state index contributed by atoms with van der Waals surface area (Å²) >= 11 is 1.52. The predicted octanol–water partition coefficient (Wildman–Crippen LogP) is 3.92. The van der Waals surface area contributed by atoms with E-state index in [4.69, 9.17) is 0 Å². The average molecular weight is 298 g/mol. The number of aryl methyl sites for hydroxylation is 2. The summed E-state index contributed by atoms with van der Waals surface area (Å²) in [6.45, 7) is 4.02. The molecule has 4 nitrogen and oxygen atoms in total. The van der Waals surface area contributed by atoms with E-state index < -0.39 is 5.97 Å². The van der Waals surface area contributed by atoms with E-state index >= 15 is 0 Å². The third-order valence-electron chi connectivity index (χ3n) is 3.21. The summed E-state index contributed by atoms with van der Waals surface area (Å²) in [6.07, 6.45) is 1.57. The highest BCUT2D eigenvalue weighted by Crippen LogP contribution is 2.26. The second-order valence-corrected chi connectivity index (χ2v) is 5.78. The molecule has 106 valence electrons. The minimum atomic E-state index is -0.966. The van der Waals surface area contributed by atoms with Gasteiger partial charge in [-0.3, -0.25) is 0 Å². The van der Waals surface area contributed by atoms with Crippen molar-refractivity contribution < 1.29 is 9.90 Å². The minimum Gasteiger partial charge on any atom is -0.478 e. The molecule has 1 aromatic carbocycles. The lowest BCUT2D eigenvalue weighted by Crippen LogP contribution is -1.96. The number of thiophene rings is 1. The van der Waals surface area contributed by atoms with Crippen LogP contribution in [0.1, 0.15) is 21.5 Å². The molecule has 2 heterocycles. The molecule has 0 aliphatic rings. The van der Waals surface area contributed by atoms with Gasteiger partial charge in [-0.25, -0.2) is 9.48 Å². The number of carboxylic acids is 1. The van der Waals surface area contributed by atoms with Crippen LogP contribution in [-0.2, 0) is 0 Å². The number of hydrogen-bond donors (Lipinski definition) is 1. The van der Waals surface area contributed by atoms with Crippen molar-refractivity contribution in [1.29, 1.82) is 0 Å². The van der Waals surface area contributed by atoms with Crippen molar-refractivity contribution in [3.63, 3.8) is 0 Å². The number of rotatable bonds is 3. The first-order valence-electron chi connectivity index (χ1n) is 6.49. The van der Waals surface area contributed by atoms with Gasteiger partial charge in [0.15, 0.2) is 0 Å².